The van der Waals surface area contributed by atoms with Gasteiger partial charge < -0.3 is 0 Å². The lowest BCUT2D eigenvalue weighted by Gasteiger charge is -2.15. The van der Waals surface area contributed by atoms with Gasteiger partial charge in [0.15, 0.2) is 0 Å². The average Bonchev–Trinajstić information content (AvgIpc) is 2.69. The highest BCUT2D eigenvalue weighted by Gasteiger charge is 2.14. The Labute approximate surface area is 118 Å². The molecule has 0 saturated carbocycles. The molecule has 0 spiro atoms. The number of hydrogen-bond acceptors (Lipinski definition) is 2. The second-order valence-electron chi connectivity index (χ2n) is 5.42. The van der Waals surface area contributed by atoms with Crippen LogP contribution in [0, 0.1) is 27.7 Å². The number of aryl methyl sites for hydroxylation is 4. The summed E-state index contributed by atoms with van der Waals surface area (Å²) < 4.78 is 1.94. The molecule has 2 aromatic rings. The second-order valence-corrected chi connectivity index (χ2v) is 5.42. The van der Waals surface area contributed by atoms with Crippen molar-refractivity contribution in [3.63, 3.8) is 0 Å². The fourth-order valence-electron chi connectivity index (χ4n) is 2.55. The van der Waals surface area contributed by atoms with Crippen molar-refractivity contribution in [3.8, 4) is 5.69 Å². The number of benzene rings is 1. The molecule has 7 heteroatoms. The first kappa shape index (κ1) is 14.0. The van der Waals surface area contributed by atoms with Gasteiger partial charge in [0, 0.05) is 0 Å². The minimum atomic E-state index is 0.603. The van der Waals surface area contributed by atoms with Crippen molar-refractivity contribution in [3.05, 3.63) is 34.9 Å². The SMILES string of the molecule is BBB(B)c1cc(C)c(-n2nc(C)nc2C)cc1C. The lowest BCUT2D eigenvalue weighted by molar-refractivity contribution is 0.824. The summed E-state index contributed by atoms with van der Waals surface area (Å²) >= 11 is 0. The van der Waals surface area contributed by atoms with Crippen molar-refractivity contribution in [1.29, 1.82) is 0 Å². The van der Waals surface area contributed by atoms with E-state index in [1.165, 1.54) is 23.7 Å². The highest BCUT2D eigenvalue weighted by molar-refractivity contribution is 7.50. The molecular weight excluding hydrogens is 229 g/mol. The van der Waals surface area contributed by atoms with E-state index in [0.29, 0.717) is 6.49 Å². The standard InChI is InChI=1S/C12H19B4N3/c1-7-6-12(19-10(4)17-9(3)18-19)8(2)5-11(7)16(14)15-13/h5-6,15H,13-14H2,1-4H3. The zero-order chi connectivity index (χ0) is 14.2. The van der Waals surface area contributed by atoms with E-state index in [0.717, 1.165) is 17.3 Å². The van der Waals surface area contributed by atoms with Crippen LogP contribution in [0.25, 0.3) is 5.69 Å². The molecule has 19 heavy (non-hydrogen) atoms. The van der Waals surface area contributed by atoms with E-state index in [9.17, 15) is 0 Å². The van der Waals surface area contributed by atoms with Gasteiger partial charge in [-0.3, -0.25) is 0 Å². The van der Waals surface area contributed by atoms with Gasteiger partial charge in [-0.2, -0.15) is 5.10 Å². The molecule has 0 radical (unpaired) electrons. The van der Waals surface area contributed by atoms with Crippen molar-refractivity contribution in [2.24, 2.45) is 0 Å². The van der Waals surface area contributed by atoms with Gasteiger partial charge in [0.05, 0.1) is 34.7 Å². The van der Waals surface area contributed by atoms with Crippen LogP contribution in [0.3, 0.4) is 0 Å². The Morgan fingerprint density at radius 3 is 2.37 bits per heavy atom. The van der Waals surface area contributed by atoms with Crippen molar-refractivity contribution < 1.29 is 0 Å². The third kappa shape index (κ3) is 2.65. The highest BCUT2D eigenvalue weighted by Crippen LogP contribution is 2.16. The molecule has 0 saturated heterocycles. The molecule has 1 heterocycles. The van der Waals surface area contributed by atoms with E-state index in [-0.39, 0.29) is 0 Å². The maximum absolute atomic E-state index is 4.48. The number of aromatic nitrogens is 3. The molecule has 0 bridgehead atoms. The summed E-state index contributed by atoms with van der Waals surface area (Å²) in [6, 6.07) is 4.53. The molecule has 3 nitrogen and oxygen atoms in total. The van der Waals surface area contributed by atoms with E-state index in [4.69, 9.17) is 0 Å². The van der Waals surface area contributed by atoms with Crippen LogP contribution >= 0.6 is 0 Å². The summed E-state index contributed by atoms with van der Waals surface area (Å²) in [5.74, 6) is 1.76. The van der Waals surface area contributed by atoms with E-state index >= 15 is 0 Å². The minimum Gasteiger partial charge on any atom is -0.218 e. The van der Waals surface area contributed by atoms with E-state index < -0.39 is 0 Å². The van der Waals surface area contributed by atoms with Gasteiger partial charge in [0.1, 0.15) is 11.6 Å². The lowest BCUT2D eigenvalue weighted by atomic mass is 9.03. The van der Waals surface area contributed by atoms with Crippen molar-refractivity contribution in [2.75, 3.05) is 0 Å². The molecule has 1 aromatic carbocycles. The topological polar surface area (TPSA) is 30.7 Å². The fraction of sp³-hybridized carbons (Fsp3) is 0.333. The average molecular weight is 249 g/mol. The molecule has 0 aliphatic heterocycles. The van der Waals surface area contributed by atoms with Crippen molar-refractivity contribution in [1.82, 2.24) is 14.8 Å². The summed E-state index contributed by atoms with van der Waals surface area (Å²) in [5, 5.41) is 4.48. The van der Waals surface area contributed by atoms with E-state index in [2.05, 4.69) is 51.5 Å². The van der Waals surface area contributed by atoms with Gasteiger partial charge in [-0.1, -0.05) is 17.1 Å². The third-order valence-corrected chi connectivity index (χ3v) is 3.83. The maximum atomic E-state index is 4.48. The summed E-state index contributed by atoms with van der Waals surface area (Å²) in [6.45, 7) is 8.86. The third-order valence-electron chi connectivity index (χ3n) is 3.83. The Hall–Kier alpha value is -1.38. The Balaban J connectivity index is 2.55. The number of hydrogen-bond donors (Lipinski definition) is 0. The molecule has 0 atom stereocenters. The van der Waals surface area contributed by atoms with E-state index in [1.807, 2.05) is 18.5 Å². The van der Waals surface area contributed by atoms with Crippen LogP contribution < -0.4 is 5.46 Å². The predicted octanol–water partition coefficient (Wildman–Crippen LogP) is -1.19. The summed E-state index contributed by atoms with van der Waals surface area (Å²) in [7, 11) is 5.69. The summed E-state index contributed by atoms with van der Waals surface area (Å²) in [4.78, 5) is 4.38. The van der Waals surface area contributed by atoms with Crippen molar-refractivity contribution >= 4 is 34.5 Å². The zero-order valence-electron chi connectivity index (χ0n) is 12.8. The molecule has 0 aliphatic carbocycles. The molecule has 1 aromatic heterocycles. The Kier molecular flexibility index (Phi) is 3.93. The van der Waals surface area contributed by atoms with Gasteiger partial charge in [-0.05, 0) is 39.3 Å². The molecule has 0 amide bonds. The largest absolute Gasteiger partial charge is 0.218 e. The first-order valence-electron chi connectivity index (χ1n) is 6.95. The van der Waals surface area contributed by atoms with E-state index in [1.54, 1.807) is 0 Å². The lowest BCUT2D eigenvalue weighted by Crippen LogP contribution is -2.40. The fourth-order valence-corrected chi connectivity index (χ4v) is 2.55. The van der Waals surface area contributed by atoms with Crippen LogP contribution in [-0.4, -0.2) is 43.8 Å². The van der Waals surface area contributed by atoms with Crippen LogP contribution in [0.5, 0.6) is 0 Å². The minimum absolute atomic E-state index is 0.603. The maximum Gasteiger partial charge on any atom is 0.148 e. The monoisotopic (exact) mass is 249 g/mol. The predicted molar refractivity (Wildman–Crippen MR) is 89.9 cm³/mol. The van der Waals surface area contributed by atoms with Gasteiger partial charge in [0.25, 0.3) is 0 Å². The summed E-state index contributed by atoms with van der Waals surface area (Å²) in [6.07, 6.45) is 0. The first-order chi connectivity index (χ1) is 8.93. The van der Waals surface area contributed by atoms with Gasteiger partial charge in [-0.25, -0.2) is 9.67 Å². The number of rotatable bonds is 3. The molecule has 94 valence electrons. The molecule has 2 rings (SSSR count). The first-order valence-corrected chi connectivity index (χ1v) is 6.95. The van der Waals surface area contributed by atoms with Crippen LogP contribution in [-0.2, 0) is 0 Å². The quantitative estimate of drug-likeness (QED) is 0.640. The van der Waals surface area contributed by atoms with Gasteiger partial charge in [-0.15, -0.1) is 0 Å². The van der Waals surface area contributed by atoms with Crippen LogP contribution in [0.4, 0.5) is 0 Å². The van der Waals surface area contributed by atoms with Crippen molar-refractivity contribution in [2.45, 2.75) is 27.7 Å². The van der Waals surface area contributed by atoms with Crippen LogP contribution in [0.2, 0.25) is 0 Å². The molecule has 0 fully saturated rings. The normalized spacial score (nSPS) is 10.5. The smallest absolute Gasteiger partial charge is 0.148 e. The Bertz CT molecular complexity index is 609. The molecule has 0 unspecified atom stereocenters. The zero-order valence-corrected chi connectivity index (χ0v) is 12.8. The van der Waals surface area contributed by atoms with Gasteiger partial charge >= 0.3 is 0 Å². The van der Waals surface area contributed by atoms with Crippen LogP contribution in [0.1, 0.15) is 22.8 Å². The number of nitrogens with zero attached hydrogens (tertiary/aromatic N) is 3. The Morgan fingerprint density at radius 2 is 1.84 bits per heavy atom. The highest BCUT2D eigenvalue weighted by atomic mass is 15.3. The summed E-state index contributed by atoms with van der Waals surface area (Å²) in [5.41, 5.74) is 5.18. The van der Waals surface area contributed by atoms with Gasteiger partial charge in [0.2, 0.25) is 0 Å². The molecule has 0 N–H and O–H groups in total. The molecular formula is C12H19B4N3. The second kappa shape index (κ2) is 5.32. The molecule has 0 aliphatic rings. The Morgan fingerprint density at radius 1 is 1.16 bits per heavy atom. The van der Waals surface area contributed by atoms with Crippen LogP contribution in [0.15, 0.2) is 12.1 Å².